The highest BCUT2D eigenvalue weighted by atomic mass is 16.5. The average Bonchev–Trinajstić information content (AvgIpc) is 2.36. The standard InChI is InChI=1S/C14H16N2O2/c1-4-18-14(17)13(10-16(2)3)12-8-6-5-7-11(12)9-15/h5-8,10H,4H2,1-3H3. The van der Waals surface area contributed by atoms with Gasteiger partial charge < -0.3 is 9.64 Å². The van der Waals surface area contributed by atoms with Crippen LogP contribution in [-0.4, -0.2) is 31.6 Å². The Bertz CT molecular complexity index is 499. The molecule has 0 heterocycles. The van der Waals surface area contributed by atoms with E-state index in [-0.39, 0.29) is 0 Å². The second kappa shape index (κ2) is 6.45. The lowest BCUT2D eigenvalue weighted by molar-refractivity contribution is -0.136. The predicted molar refractivity (Wildman–Crippen MR) is 69.5 cm³/mol. The number of carbonyl (C=O) groups is 1. The minimum Gasteiger partial charge on any atom is -0.462 e. The van der Waals surface area contributed by atoms with Gasteiger partial charge >= 0.3 is 5.97 Å². The molecule has 1 aromatic rings. The lowest BCUT2D eigenvalue weighted by atomic mass is 10.0. The maximum atomic E-state index is 11.9. The van der Waals surface area contributed by atoms with Gasteiger partial charge in [-0.2, -0.15) is 5.26 Å². The molecule has 0 atom stereocenters. The summed E-state index contributed by atoms with van der Waals surface area (Å²) in [6.07, 6.45) is 1.66. The third-order valence-electron chi connectivity index (χ3n) is 2.22. The van der Waals surface area contributed by atoms with E-state index >= 15 is 0 Å². The van der Waals surface area contributed by atoms with E-state index in [4.69, 9.17) is 10.00 Å². The van der Waals surface area contributed by atoms with E-state index in [9.17, 15) is 4.79 Å². The summed E-state index contributed by atoms with van der Waals surface area (Å²) in [5.74, 6) is -0.422. The van der Waals surface area contributed by atoms with Crippen LogP contribution in [0.2, 0.25) is 0 Å². The first-order valence-corrected chi connectivity index (χ1v) is 5.65. The van der Waals surface area contributed by atoms with Gasteiger partial charge in [0.25, 0.3) is 0 Å². The molecule has 0 radical (unpaired) electrons. The van der Waals surface area contributed by atoms with Crippen molar-refractivity contribution in [3.8, 4) is 6.07 Å². The van der Waals surface area contributed by atoms with Crippen molar-refractivity contribution in [3.05, 3.63) is 41.6 Å². The van der Waals surface area contributed by atoms with Gasteiger partial charge in [-0.15, -0.1) is 0 Å². The van der Waals surface area contributed by atoms with Crippen LogP contribution in [0.5, 0.6) is 0 Å². The Morgan fingerprint density at radius 1 is 1.44 bits per heavy atom. The van der Waals surface area contributed by atoms with Crippen LogP contribution in [0.3, 0.4) is 0 Å². The fraction of sp³-hybridized carbons (Fsp3) is 0.286. The van der Waals surface area contributed by atoms with E-state index in [2.05, 4.69) is 6.07 Å². The summed E-state index contributed by atoms with van der Waals surface area (Å²) in [4.78, 5) is 13.7. The number of ether oxygens (including phenoxy) is 1. The number of rotatable bonds is 4. The van der Waals surface area contributed by atoms with E-state index in [0.29, 0.717) is 23.3 Å². The summed E-state index contributed by atoms with van der Waals surface area (Å²) >= 11 is 0. The summed E-state index contributed by atoms with van der Waals surface area (Å²) in [6.45, 7) is 2.06. The molecule has 0 unspecified atom stereocenters. The van der Waals surface area contributed by atoms with Crippen molar-refractivity contribution in [2.75, 3.05) is 20.7 Å². The van der Waals surface area contributed by atoms with Crippen LogP contribution in [0.1, 0.15) is 18.1 Å². The highest BCUT2D eigenvalue weighted by Crippen LogP contribution is 2.20. The van der Waals surface area contributed by atoms with E-state index in [1.165, 1.54) is 0 Å². The van der Waals surface area contributed by atoms with Crippen molar-refractivity contribution in [3.63, 3.8) is 0 Å². The normalized spacial score (nSPS) is 10.7. The number of esters is 1. The molecule has 0 saturated carbocycles. The molecular formula is C14H16N2O2. The van der Waals surface area contributed by atoms with Crippen LogP contribution in [0.25, 0.3) is 5.57 Å². The molecule has 18 heavy (non-hydrogen) atoms. The minimum atomic E-state index is -0.422. The highest BCUT2D eigenvalue weighted by molar-refractivity contribution is 6.17. The minimum absolute atomic E-state index is 0.304. The lowest BCUT2D eigenvalue weighted by Crippen LogP contribution is -2.12. The smallest absolute Gasteiger partial charge is 0.340 e. The molecule has 1 rings (SSSR count). The second-order valence-corrected chi connectivity index (χ2v) is 3.88. The molecule has 0 spiro atoms. The number of nitrogens with zero attached hydrogens (tertiary/aromatic N) is 2. The first-order valence-electron chi connectivity index (χ1n) is 5.65. The molecular weight excluding hydrogens is 228 g/mol. The van der Waals surface area contributed by atoms with Gasteiger partial charge in [-0.25, -0.2) is 4.79 Å². The Labute approximate surface area is 107 Å². The average molecular weight is 244 g/mol. The number of hydrogen-bond acceptors (Lipinski definition) is 4. The quantitative estimate of drug-likeness (QED) is 0.600. The van der Waals surface area contributed by atoms with Crippen LogP contribution in [0, 0.1) is 11.3 Å². The van der Waals surface area contributed by atoms with Crippen molar-refractivity contribution >= 4 is 11.5 Å². The third kappa shape index (κ3) is 3.36. The zero-order chi connectivity index (χ0) is 13.5. The van der Waals surface area contributed by atoms with Gasteiger partial charge in [0.2, 0.25) is 0 Å². The summed E-state index contributed by atoms with van der Waals surface area (Å²) in [5, 5.41) is 9.07. The van der Waals surface area contributed by atoms with E-state index in [1.807, 2.05) is 14.1 Å². The molecule has 94 valence electrons. The Hall–Kier alpha value is -2.28. The van der Waals surface area contributed by atoms with Crippen LogP contribution < -0.4 is 0 Å². The maximum Gasteiger partial charge on any atom is 0.340 e. The number of nitriles is 1. The van der Waals surface area contributed by atoms with Gasteiger partial charge in [0, 0.05) is 25.9 Å². The van der Waals surface area contributed by atoms with E-state index < -0.39 is 5.97 Å². The molecule has 0 aliphatic rings. The van der Waals surface area contributed by atoms with Gasteiger partial charge in [-0.3, -0.25) is 0 Å². The summed E-state index contributed by atoms with van der Waals surface area (Å²) in [6, 6.07) is 9.05. The molecule has 4 nitrogen and oxygen atoms in total. The van der Waals surface area contributed by atoms with Gasteiger partial charge in [0.05, 0.1) is 23.8 Å². The highest BCUT2D eigenvalue weighted by Gasteiger charge is 2.16. The SMILES string of the molecule is CCOC(=O)C(=CN(C)C)c1ccccc1C#N. The fourth-order valence-electron chi connectivity index (χ4n) is 1.51. The monoisotopic (exact) mass is 244 g/mol. The Morgan fingerprint density at radius 3 is 2.67 bits per heavy atom. The van der Waals surface area contributed by atoms with Crippen molar-refractivity contribution < 1.29 is 9.53 Å². The topological polar surface area (TPSA) is 53.3 Å². The molecule has 0 aliphatic carbocycles. The molecule has 0 aliphatic heterocycles. The Balaban J connectivity index is 3.27. The summed E-state index contributed by atoms with van der Waals surface area (Å²) < 4.78 is 5.02. The largest absolute Gasteiger partial charge is 0.462 e. The summed E-state index contributed by atoms with van der Waals surface area (Å²) in [5.41, 5.74) is 1.44. The van der Waals surface area contributed by atoms with Gasteiger partial charge in [-0.1, -0.05) is 18.2 Å². The zero-order valence-electron chi connectivity index (χ0n) is 10.8. The molecule has 0 aromatic heterocycles. The Morgan fingerprint density at radius 2 is 2.11 bits per heavy atom. The van der Waals surface area contributed by atoms with E-state index in [1.54, 1.807) is 42.3 Å². The maximum absolute atomic E-state index is 11.9. The van der Waals surface area contributed by atoms with E-state index in [0.717, 1.165) is 0 Å². The first kappa shape index (κ1) is 13.8. The van der Waals surface area contributed by atoms with Gasteiger partial charge in [0.1, 0.15) is 0 Å². The van der Waals surface area contributed by atoms with Gasteiger partial charge in [0.15, 0.2) is 0 Å². The molecule has 0 saturated heterocycles. The number of benzene rings is 1. The van der Waals surface area contributed by atoms with Crippen molar-refractivity contribution in [2.24, 2.45) is 0 Å². The van der Waals surface area contributed by atoms with Crippen molar-refractivity contribution in [2.45, 2.75) is 6.92 Å². The zero-order valence-corrected chi connectivity index (χ0v) is 10.8. The number of hydrogen-bond donors (Lipinski definition) is 0. The molecule has 0 N–H and O–H groups in total. The number of carbonyl (C=O) groups excluding carboxylic acids is 1. The molecule has 1 aromatic carbocycles. The van der Waals surface area contributed by atoms with Crippen molar-refractivity contribution in [1.82, 2.24) is 4.90 Å². The van der Waals surface area contributed by atoms with Crippen molar-refractivity contribution in [1.29, 1.82) is 5.26 Å². The third-order valence-corrected chi connectivity index (χ3v) is 2.22. The molecule has 0 fully saturated rings. The van der Waals surface area contributed by atoms with Crippen LogP contribution in [0.15, 0.2) is 30.5 Å². The summed E-state index contributed by atoms with van der Waals surface area (Å²) in [7, 11) is 3.63. The fourth-order valence-corrected chi connectivity index (χ4v) is 1.51. The van der Waals surface area contributed by atoms with Crippen LogP contribution in [-0.2, 0) is 9.53 Å². The van der Waals surface area contributed by atoms with Crippen LogP contribution in [0.4, 0.5) is 0 Å². The molecule has 4 heteroatoms. The van der Waals surface area contributed by atoms with Crippen LogP contribution >= 0.6 is 0 Å². The predicted octanol–water partition coefficient (Wildman–Crippen LogP) is 2.02. The molecule has 0 amide bonds. The second-order valence-electron chi connectivity index (χ2n) is 3.88. The van der Waals surface area contributed by atoms with Gasteiger partial charge in [-0.05, 0) is 13.0 Å². The molecule has 0 bridgehead atoms. The Kier molecular flexibility index (Phi) is 4.94. The first-order chi connectivity index (χ1) is 8.60. The lowest BCUT2D eigenvalue weighted by Gasteiger charge is -2.12.